The lowest BCUT2D eigenvalue weighted by atomic mass is 10.3. The van der Waals surface area contributed by atoms with Crippen LogP contribution in [0.3, 0.4) is 0 Å². The lowest BCUT2D eigenvalue weighted by Gasteiger charge is -1.83. The molecule has 0 amide bonds. The lowest BCUT2D eigenvalue weighted by molar-refractivity contribution is 0.277. The van der Waals surface area contributed by atoms with E-state index in [1.165, 1.54) is 0 Å². The fraction of sp³-hybridized carbons (Fsp3) is 0.400. The molecular weight excluding hydrogens is 120 g/mol. The monoisotopic (exact) mass is 128 g/mol. The molecule has 0 fully saturated rings. The van der Waals surface area contributed by atoms with Gasteiger partial charge in [-0.3, -0.25) is 0 Å². The van der Waals surface area contributed by atoms with Gasteiger partial charge in [-0.05, 0) is 0 Å². The molecule has 0 radical (unpaired) electrons. The van der Waals surface area contributed by atoms with E-state index in [2.05, 4.69) is 9.68 Å². The second-order valence-electron chi connectivity index (χ2n) is 1.69. The van der Waals surface area contributed by atoms with Crippen molar-refractivity contribution in [3.8, 4) is 0 Å². The molecule has 1 aromatic heterocycles. The molecule has 0 spiro atoms. The van der Waals surface area contributed by atoms with Gasteiger partial charge in [-0.15, -0.1) is 0 Å². The second kappa shape index (κ2) is 2.50. The predicted molar refractivity (Wildman–Crippen MR) is 31.7 cm³/mol. The smallest absolute Gasteiger partial charge is 0.167 e. The van der Waals surface area contributed by atoms with Crippen molar-refractivity contribution in [1.82, 2.24) is 5.16 Å². The van der Waals surface area contributed by atoms with Crippen LogP contribution >= 0.6 is 0 Å². The first-order valence-corrected chi connectivity index (χ1v) is 2.65. The van der Waals surface area contributed by atoms with Gasteiger partial charge in [0, 0.05) is 12.5 Å². The van der Waals surface area contributed by atoms with Gasteiger partial charge in [0.25, 0.3) is 0 Å². The number of rotatable bonds is 2. The highest BCUT2D eigenvalue weighted by atomic mass is 16.5. The first-order valence-electron chi connectivity index (χ1n) is 2.65. The normalized spacial score (nSPS) is 9.89. The van der Waals surface area contributed by atoms with E-state index in [-0.39, 0.29) is 6.61 Å². The van der Waals surface area contributed by atoms with Crippen molar-refractivity contribution in [2.75, 3.05) is 12.3 Å². The largest absolute Gasteiger partial charge is 0.396 e. The van der Waals surface area contributed by atoms with Crippen LogP contribution in [0, 0.1) is 0 Å². The molecule has 50 valence electrons. The first kappa shape index (κ1) is 6.10. The van der Waals surface area contributed by atoms with Gasteiger partial charge in [0.2, 0.25) is 0 Å². The fourth-order valence-electron chi connectivity index (χ4n) is 0.557. The molecule has 1 aromatic rings. The molecule has 4 heteroatoms. The maximum absolute atomic E-state index is 8.40. The van der Waals surface area contributed by atoms with Gasteiger partial charge < -0.3 is 15.4 Å². The van der Waals surface area contributed by atoms with E-state index in [1.54, 1.807) is 6.07 Å². The third-order valence-corrected chi connectivity index (χ3v) is 0.935. The minimum atomic E-state index is 0.0641. The zero-order chi connectivity index (χ0) is 6.69. The number of aromatic nitrogens is 1. The summed E-state index contributed by atoms with van der Waals surface area (Å²) in [6.07, 6.45) is 0.476. The Labute approximate surface area is 52.3 Å². The molecular formula is C5H8N2O2. The minimum Gasteiger partial charge on any atom is -0.396 e. The molecule has 0 unspecified atom stereocenters. The Balaban J connectivity index is 2.61. The Morgan fingerprint density at radius 3 is 3.00 bits per heavy atom. The van der Waals surface area contributed by atoms with Crippen molar-refractivity contribution in [1.29, 1.82) is 0 Å². The lowest BCUT2D eigenvalue weighted by Crippen LogP contribution is -1.86. The van der Waals surface area contributed by atoms with Crippen molar-refractivity contribution in [3.63, 3.8) is 0 Å². The number of anilines is 1. The molecule has 0 aromatic carbocycles. The van der Waals surface area contributed by atoms with Gasteiger partial charge in [-0.1, -0.05) is 5.16 Å². The summed E-state index contributed by atoms with van der Waals surface area (Å²) in [4.78, 5) is 0. The van der Waals surface area contributed by atoms with Crippen LogP contribution in [0.25, 0.3) is 0 Å². The quantitative estimate of drug-likeness (QED) is 0.578. The second-order valence-corrected chi connectivity index (χ2v) is 1.69. The highest BCUT2D eigenvalue weighted by Crippen LogP contribution is 2.03. The summed E-state index contributed by atoms with van der Waals surface area (Å²) in [5.41, 5.74) is 5.22. The number of nitrogens with zero attached hydrogens (tertiary/aromatic N) is 1. The number of aliphatic hydroxyl groups excluding tert-OH is 1. The van der Waals surface area contributed by atoms with E-state index in [0.717, 1.165) is 0 Å². The Morgan fingerprint density at radius 1 is 1.78 bits per heavy atom. The van der Waals surface area contributed by atoms with E-state index in [9.17, 15) is 0 Å². The van der Waals surface area contributed by atoms with Gasteiger partial charge >= 0.3 is 0 Å². The molecule has 3 N–H and O–H groups in total. The summed E-state index contributed by atoms with van der Waals surface area (Å²) in [5.74, 6) is 0.980. The van der Waals surface area contributed by atoms with Crippen LogP contribution in [0.4, 0.5) is 5.82 Å². The summed E-state index contributed by atoms with van der Waals surface area (Å²) in [5, 5.41) is 11.8. The van der Waals surface area contributed by atoms with E-state index in [0.29, 0.717) is 18.0 Å². The molecule has 0 atom stereocenters. The van der Waals surface area contributed by atoms with Gasteiger partial charge in [-0.25, -0.2) is 0 Å². The maximum Gasteiger partial charge on any atom is 0.167 e. The molecule has 0 saturated carbocycles. The van der Waals surface area contributed by atoms with Crippen molar-refractivity contribution < 1.29 is 9.63 Å². The number of nitrogen functional groups attached to an aromatic ring is 1. The fourth-order valence-corrected chi connectivity index (χ4v) is 0.557. The van der Waals surface area contributed by atoms with Gasteiger partial charge in [0.05, 0.1) is 6.61 Å². The van der Waals surface area contributed by atoms with Crippen LogP contribution in [-0.4, -0.2) is 16.9 Å². The average Bonchev–Trinajstić information content (AvgIpc) is 2.17. The number of nitrogens with two attached hydrogens (primary N) is 1. The van der Waals surface area contributed by atoms with Gasteiger partial charge in [-0.2, -0.15) is 0 Å². The van der Waals surface area contributed by atoms with Crippen LogP contribution < -0.4 is 5.73 Å². The Morgan fingerprint density at radius 2 is 2.56 bits per heavy atom. The van der Waals surface area contributed by atoms with Crippen molar-refractivity contribution in [2.24, 2.45) is 0 Å². The van der Waals surface area contributed by atoms with Crippen LogP contribution in [-0.2, 0) is 6.42 Å². The van der Waals surface area contributed by atoms with Gasteiger partial charge in [0.1, 0.15) is 5.76 Å². The molecule has 0 aliphatic carbocycles. The van der Waals surface area contributed by atoms with Crippen molar-refractivity contribution in [3.05, 3.63) is 11.8 Å². The van der Waals surface area contributed by atoms with Crippen LogP contribution in [0.5, 0.6) is 0 Å². The summed E-state index contributed by atoms with van der Waals surface area (Å²) in [6.45, 7) is 0.0641. The third kappa shape index (κ3) is 1.43. The molecule has 1 heterocycles. The molecule has 9 heavy (non-hydrogen) atoms. The Kier molecular flexibility index (Phi) is 1.69. The molecule has 0 aliphatic heterocycles. The molecule has 1 rings (SSSR count). The zero-order valence-corrected chi connectivity index (χ0v) is 4.87. The summed E-state index contributed by atoms with van der Waals surface area (Å²) < 4.78 is 4.67. The highest BCUT2D eigenvalue weighted by Gasteiger charge is 1.97. The topological polar surface area (TPSA) is 72.3 Å². The maximum atomic E-state index is 8.40. The number of hydrogen-bond donors (Lipinski definition) is 2. The highest BCUT2D eigenvalue weighted by molar-refractivity contribution is 5.26. The van der Waals surface area contributed by atoms with Crippen molar-refractivity contribution in [2.45, 2.75) is 6.42 Å². The van der Waals surface area contributed by atoms with E-state index in [1.807, 2.05) is 0 Å². The van der Waals surface area contributed by atoms with Gasteiger partial charge in [0.15, 0.2) is 5.82 Å². The van der Waals surface area contributed by atoms with E-state index in [4.69, 9.17) is 10.8 Å². The Hall–Kier alpha value is -1.03. The summed E-state index contributed by atoms with van der Waals surface area (Å²) >= 11 is 0. The van der Waals surface area contributed by atoms with E-state index < -0.39 is 0 Å². The standard InChI is InChI=1S/C5H8N2O2/c6-5-3-4(1-2-8)9-7-5/h3,8H,1-2H2,(H2,6,7). The van der Waals surface area contributed by atoms with Crippen LogP contribution in [0.15, 0.2) is 10.6 Å². The SMILES string of the molecule is Nc1cc(CCO)on1. The van der Waals surface area contributed by atoms with E-state index >= 15 is 0 Å². The summed E-state index contributed by atoms with van der Waals surface area (Å²) in [6, 6.07) is 1.59. The average molecular weight is 128 g/mol. The predicted octanol–water partition coefficient (Wildman–Crippen LogP) is -0.208. The van der Waals surface area contributed by atoms with Crippen LogP contribution in [0.1, 0.15) is 5.76 Å². The zero-order valence-electron chi connectivity index (χ0n) is 4.87. The van der Waals surface area contributed by atoms with Crippen molar-refractivity contribution >= 4 is 5.82 Å². The molecule has 4 nitrogen and oxygen atoms in total. The third-order valence-electron chi connectivity index (χ3n) is 0.935. The number of aliphatic hydroxyl groups is 1. The number of hydrogen-bond acceptors (Lipinski definition) is 4. The molecule has 0 bridgehead atoms. The minimum absolute atomic E-state index is 0.0641. The Bertz CT molecular complexity index is 185. The first-order chi connectivity index (χ1) is 4.33. The van der Waals surface area contributed by atoms with Crippen LogP contribution in [0.2, 0.25) is 0 Å². The molecule has 0 aliphatic rings. The summed E-state index contributed by atoms with van der Waals surface area (Å²) in [7, 11) is 0. The molecule has 0 saturated heterocycles.